The van der Waals surface area contributed by atoms with Crippen LogP contribution in [0.5, 0.6) is 0 Å². The highest BCUT2D eigenvalue weighted by Gasteiger charge is 2.23. The van der Waals surface area contributed by atoms with E-state index in [2.05, 4.69) is 30.0 Å². The maximum Gasteiger partial charge on any atom is 0.325 e. The molecule has 0 aromatic carbocycles. The summed E-state index contributed by atoms with van der Waals surface area (Å²) in [5, 5.41) is 8.44. The highest BCUT2D eigenvalue weighted by molar-refractivity contribution is 7.99. The molecule has 0 saturated carbocycles. The molecule has 1 atom stereocenters. The van der Waals surface area contributed by atoms with Crippen molar-refractivity contribution in [3.8, 4) is 6.07 Å². The second-order valence-corrected chi connectivity index (χ2v) is 3.29. The van der Waals surface area contributed by atoms with E-state index in [9.17, 15) is 4.79 Å². The first-order valence-electron chi connectivity index (χ1n) is 3.05. The Labute approximate surface area is 76.5 Å². The third kappa shape index (κ3) is 3.54. The topological polar surface area (TPSA) is 50.1 Å². The standard InChI is InChI=1S/C6H9NO2S2/c1-2-9-5(8)4(3-7)6(10)11/h4,6,10-11H,2H2,1H3. The molecule has 0 aromatic heterocycles. The van der Waals surface area contributed by atoms with Crippen LogP contribution in [0.3, 0.4) is 0 Å². The van der Waals surface area contributed by atoms with Gasteiger partial charge in [0.25, 0.3) is 0 Å². The fourth-order valence-corrected chi connectivity index (χ4v) is 0.850. The summed E-state index contributed by atoms with van der Waals surface area (Å²) in [6.07, 6.45) is 0. The summed E-state index contributed by atoms with van der Waals surface area (Å²) in [6, 6.07) is 1.76. The Bertz CT molecular complexity index is 176. The number of ether oxygens (including phenoxy) is 1. The van der Waals surface area contributed by atoms with E-state index in [1.807, 2.05) is 0 Å². The molecule has 0 aliphatic heterocycles. The molecule has 0 aliphatic rings. The summed E-state index contributed by atoms with van der Waals surface area (Å²) in [5.74, 6) is -1.45. The Morgan fingerprint density at radius 2 is 2.27 bits per heavy atom. The lowest BCUT2D eigenvalue weighted by molar-refractivity contribution is -0.145. The van der Waals surface area contributed by atoms with Crippen molar-refractivity contribution in [2.45, 2.75) is 11.5 Å². The van der Waals surface area contributed by atoms with Crippen molar-refractivity contribution in [1.82, 2.24) is 0 Å². The Morgan fingerprint density at radius 1 is 1.73 bits per heavy atom. The third-order valence-electron chi connectivity index (χ3n) is 0.978. The summed E-state index contributed by atoms with van der Waals surface area (Å²) in [4.78, 5) is 10.9. The zero-order valence-corrected chi connectivity index (χ0v) is 7.81. The average Bonchev–Trinajstić information content (AvgIpc) is 1.88. The van der Waals surface area contributed by atoms with Crippen LogP contribution >= 0.6 is 25.3 Å². The van der Waals surface area contributed by atoms with Gasteiger partial charge in [-0.2, -0.15) is 30.5 Å². The summed E-state index contributed by atoms with van der Waals surface area (Å²) >= 11 is 7.69. The zero-order chi connectivity index (χ0) is 8.85. The van der Waals surface area contributed by atoms with Crippen LogP contribution in [0.4, 0.5) is 0 Å². The second kappa shape index (κ2) is 5.33. The van der Waals surface area contributed by atoms with Crippen LogP contribution in [0.1, 0.15) is 6.92 Å². The molecule has 62 valence electrons. The van der Waals surface area contributed by atoms with Crippen LogP contribution in [0.2, 0.25) is 0 Å². The smallest absolute Gasteiger partial charge is 0.325 e. The molecule has 3 nitrogen and oxygen atoms in total. The molecule has 0 heterocycles. The van der Waals surface area contributed by atoms with E-state index in [1.165, 1.54) is 0 Å². The zero-order valence-electron chi connectivity index (χ0n) is 6.02. The van der Waals surface area contributed by atoms with E-state index in [1.54, 1.807) is 13.0 Å². The lowest BCUT2D eigenvalue weighted by Gasteiger charge is -2.09. The molecule has 0 saturated heterocycles. The minimum Gasteiger partial charge on any atom is -0.465 e. The molecule has 0 bridgehead atoms. The van der Waals surface area contributed by atoms with Crippen LogP contribution in [-0.4, -0.2) is 17.2 Å². The van der Waals surface area contributed by atoms with Gasteiger partial charge >= 0.3 is 5.97 Å². The van der Waals surface area contributed by atoms with Gasteiger partial charge in [0, 0.05) is 0 Å². The van der Waals surface area contributed by atoms with E-state index in [-0.39, 0.29) is 6.61 Å². The number of rotatable bonds is 3. The highest BCUT2D eigenvalue weighted by atomic mass is 32.2. The highest BCUT2D eigenvalue weighted by Crippen LogP contribution is 2.14. The number of esters is 1. The number of carbonyl (C=O) groups is 1. The summed E-state index contributed by atoms with van der Waals surface area (Å²) in [5.41, 5.74) is 0. The van der Waals surface area contributed by atoms with Gasteiger partial charge in [0.15, 0.2) is 5.92 Å². The van der Waals surface area contributed by atoms with Gasteiger partial charge in [0.05, 0.1) is 17.3 Å². The normalized spacial score (nSPS) is 12.3. The van der Waals surface area contributed by atoms with Gasteiger partial charge in [0.2, 0.25) is 0 Å². The van der Waals surface area contributed by atoms with Crippen molar-refractivity contribution in [2.24, 2.45) is 5.92 Å². The van der Waals surface area contributed by atoms with Gasteiger partial charge in [-0.1, -0.05) is 0 Å². The van der Waals surface area contributed by atoms with E-state index in [0.717, 1.165) is 0 Å². The van der Waals surface area contributed by atoms with Gasteiger partial charge in [-0.25, -0.2) is 0 Å². The molecule has 11 heavy (non-hydrogen) atoms. The number of carbonyl (C=O) groups excluding carboxylic acids is 1. The van der Waals surface area contributed by atoms with Gasteiger partial charge in [0.1, 0.15) is 0 Å². The first-order valence-corrected chi connectivity index (χ1v) is 4.09. The van der Waals surface area contributed by atoms with E-state index in [0.29, 0.717) is 0 Å². The first-order chi connectivity index (χ1) is 5.13. The Morgan fingerprint density at radius 3 is 2.55 bits per heavy atom. The SMILES string of the molecule is CCOC(=O)C(C#N)C(S)S. The second-order valence-electron chi connectivity index (χ2n) is 1.77. The van der Waals surface area contributed by atoms with Crippen molar-refractivity contribution in [3.05, 3.63) is 0 Å². The van der Waals surface area contributed by atoms with Crippen LogP contribution < -0.4 is 0 Å². The molecule has 0 rings (SSSR count). The average molecular weight is 191 g/mol. The lowest BCUT2D eigenvalue weighted by atomic mass is 10.2. The maximum atomic E-state index is 10.9. The van der Waals surface area contributed by atoms with Crippen LogP contribution in [0, 0.1) is 17.2 Å². The van der Waals surface area contributed by atoms with Crippen molar-refractivity contribution in [3.63, 3.8) is 0 Å². The summed E-state index contributed by atoms with van der Waals surface area (Å²) in [7, 11) is 0. The Balaban J connectivity index is 4.06. The molecular weight excluding hydrogens is 182 g/mol. The van der Waals surface area contributed by atoms with E-state index in [4.69, 9.17) is 5.26 Å². The fraction of sp³-hybridized carbons (Fsp3) is 0.667. The fourth-order valence-electron chi connectivity index (χ4n) is 0.473. The van der Waals surface area contributed by atoms with Crippen molar-refractivity contribution < 1.29 is 9.53 Å². The largest absolute Gasteiger partial charge is 0.465 e. The van der Waals surface area contributed by atoms with Gasteiger partial charge in [-0.05, 0) is 6.92 Å². The lowest BCUT2D eigenvalue weighted by Crippen LogP contribution is -2.21. The number of hydrogen-bond donors (Lipinski definition) is 2. The molecule has 0 spiro atoms. The summed E-state index contributed by atoms with van der Waals surface area (Å²) < 4.78 is 4.01. The van der Waals surface area contributed by atoms with Crippen LogP contribution in [-0.2, 0) is 9.53 Å². The van der Waals surface area contributed by atoms with E-state index >= 15 is 0 Å². The predicted octanol–water partition coefficient (Wildman–Crippen LogP) is 0.875. The van der Waals surface area contributed by atoms with Crippen molar-refractivity contribution >= 4 is 31.2 Å². The van der Waals surface area contributed by atoms with Crippen molar-refractivity contribution in [1.29, 1.82) is 5.26 Å². The minimum absolute atomic E-state index is 0.269. The number of nitriles is 1. The molecule has 1 unspecified atom stereocenters. The molecule has 0 aromatic rings. The number of nitrogens with zero attached hydrogens (tertiary/aromatic N) is 1. The molecule has 5 heteroatoms. The maximum absolute atomic E-state index is 10.9. The molecule has 0 fully saturated rings. The first kappa shape index (κ1) is 10.7. The molecule has 0 amide bonds. The Kier molecular flexibility index (Phi) is 5.16. The Hall–Kier alpha value is -0.340. The monoisotopic (exact) mass is 191 g/mol. The quantitative estimate of drug-likeness (QED) is 0.395. The molecule has 0 aliphatic carbocycles. The molecule has 0 radical (unpaired) electrons. The minimum atomic E-state index is -0.887. The predicted molar refractivity (Wildman–Crippen MR) is 47.5 cm³/mol. The number of hydrogen-bond acceptors (Lipinski definition) is 5. The van der Waals surface area contributed by atoms with Gasteiger partial charge in [-0.15, -0.1) is 0 Å². The van der Waals surface area contributed by atoms with Gasteiger partial charge < -0.3 is 4.74 Å². The molecule has 0 N–H and O–H groups in total. The van der Waals surface area contributed by atoms with Crippen LogP contribution in [0.25, 0.3) is 0 Å². The van der Waals surface area contributed by atoms with Gasteiger partial charge in [-0.3, -0.25) is 4.79 Å². The van der Waals surface area contributed by atoms with Crippen LogP contribution in [0.15, 0.2) is 0 Å². The molecular formula is C6H9NO2S2. The summed E-state index contributed by atoms with van der Waals surface area (Å²) in [6.45, 7) is 1.95. The van der Waals surface area contributed by atoms with Crippen molar-refractivity contribution in [2.75, 3.05) is 6.61 Å². The van der Waals surface area contributed by atoms with E-state index < -0.39 is 16.5 Å². The third-order valence-corrected chi connectivity index (χ3v) is 1.57. The number of thiol groups is 2.